The molecule has 0 spiro atoms. The highest BCUT2D eigenvalue weighted by atomic mass is 19.1. The number of allylic oxidation sites excluding steroid dienone is 1. The number of alkyl halides is 1. The minimum atomic E-state index is -0.992. The number of rotatable bonds is 0. The monoisotopic (exact) mass is 304 g/mol. The third-order valence-corrected chi connectivity index (χ3v) is 7.65. The van der Waals surface area contributed by atoms with Gasteiger partial charge in [-0.2, -0.15) is 0 Å². The minimum Gasteiger partial charge on any atom is -0.299 e. The Hall–Kier alpha value is -0.990. The van der Waals surface area contributed by atoms with Gasteiger partial charge in [-0.1, -0.05) is 13.8 Å². The predicted molar refractivity (Wildman–Crippen MR) is 82.0 cm³/mol. The van der Waals surface area contributed by atoms with Gasteiger partial charge >= 0.3 is 0 Å². The average Bonchev–Trinajstić information content (AvgIpc) is 2.77. The second-order valence-corrected chi connectivity index (χ2v) is 8.48. The smallest absolute Gasteiger partial charge is 0.155 e. The van der Waals surface area contributed by atoms with Crippen molar-refractivity contribution in [2.45, 2.75) is 65.0 Å². The van der Waals surface area contributed by atoms with Gasteiger partial charge in [-0.15, -0.1) is 0 Å². The number of halogens is 1. The maximum absolute atomic E-state index is 14.9. The van der Waals surface area contributed by atoms with Gasteiger partial charge in [0.1, 0.15) is 12.0 Å². The Kier molecular flexibility index (Phi) is 3.00. The summed E-state index contributed by atoms with van der Waals surface area (Å²) in [6.07, 6.45) is 6.06. The van der Waals surface area contributed by atoms with Crippen molar-refractivity contribution in [2.24, 2.45) is 28.6 Å². The highest BCUT2D eigenvalue weighted by Crippen LogP contribution is 2.64. The minimum absolute atomic E-state index is 0.0882. The summed E-state index contributed by atoms with van der Waals surface area (Å²) < 4.78 is 14.9. The Balaban J connectivity index is 1.74. The van der Waals surface area contributed by atoms with Crippen LogP contribution in [-0.4, -0.2) is 17.7 Å². The lowest BCUT2D eigenvalue weighted by molar-refractivity contribution is -0.133. The van der Waals surface area contributed by atoms with Gasteiger partial charge in [0.2, 0.25) is 0 Å². The second kappa shape index (κ2) is 4.52. The molecule has 2 nitrogen and oxygen atoms in total. The Bertz CT molecular complexity index is 580. The number of hydrogen-bond acceptors (Lipinski definition) is 2. The van der Waals surface area contributed by atoms with Crippen LogP contribution in [0.3, 0.4) is 0 Å². The lowest BCUT2D eigenvalue weighted by atomic mass is 9.47. The molecule has 0 saturated heterocycles. The van der Waals surface area contributed by atoms with E-state index in [1.54, 1.807) is 6.08 Å². The van der Waals surface area contributed by atoms with Crippen molar-refractivity contribution in [3.05, 3.63) is 11.6 Å². The van der Waals surface area contributed by atoms with E-state index in [0.717, 1.165) is 31.3 Å². The number of Topliss-reactive ketones (excluding diaryl/α,β-unsaturated/α-hetero) is 1. The van der Waals surface area contributed by atoms with Crippen LogP contribution >= 0.6 is 0 Å². The first-order chi connectivity index (χ1) is 10.4. The number of fused-ring (bicyclic) bond motifs is 5. The van der Waals surface area contributed by atoms with Crippen LogP contribution in [0.2, 0.25) is 0 Å². The molecule has 0 aliphatic heterocycles. The molecule has 120 valence electrons. The largest absolute Gasteiger partial charge is 0.299 e. The fraction of sp³-hybridized carbons (Fsp3) is 0.789. The lowest BCUT2D eigenvalue weighted by Gasteiger charge is -2.57. The van der Waals surface area contributed by atoms with E-state index < -0.39 is 6.17 Å². The highest BCUT2D eigenvalue weighted by molar-refractivity contribution is 5.92. The summed E-state index contributed by atoms with van der Waals surface area (Å²) in [6.45, 7) is 4.29. The normalized spacial score (nSPS) is 51.0. The number of hydrogen-bond donors (Lipinski definition) is 0. The fourth-order valence-electron chi connectivity index (χ4n) is 6.33. The molecule has 4 rings (SSSR count). The van der Waals surface area contributed by atoms with Crippen LogP contribution in [0.15, 0.2) is 11.6 Å². The van der Waals surface area contributed by atoms with Crippen LogP contribution in [0.4, 0.5) is 4.39 Å². The fourth-order valence-corrected chi connectivity index (χ4v) is 6.33. The molecule has 4 aliphatic rings. The van der Waals surface area contributed by atoms with E-state index in [1.165, 1.54) is 0 Å². The van der Waals surface area contributed by atoms with Crippen LogP contribution in [0.25, 0.3) is 0 Å². The van der Waals surface area contributed by atoms with E-state index in [1.807, 2.05) is 0 Å². The van der Waals surface area contributed by atoms with Gasteiger partial charge in [-0.25, -0.2) is 4.39 Å². The van der Waals surface area contributed by atoms with E-state index in [0.29, 0.717) is 42.8 Å². The molecule has 0 aromatic rings. The van der Waals surface area contributed by atoms with Crippen molar-refractivity contribution in [1.29, 1.82) is 0 Å². The quantitative estimate of drug-likeness (QED) is 0.677. The number of carbonyl (C=O) groups excluding carboxylic acids is 2. The molecule has 6 atom stereocenters. The van der Waals surface area contributed by atoms with Gasteiger partial charge in [0.25, 0.3) is 0 Å². The zero-order chi connectivity index (χ0) is 15.7. The maximum atomic E-state index is 14.9. The van der Waals surface area contributed by atoms with Crippen molar-refractivity contribution >= 4 is 11.6 Å². The van der Waals surface area contributed by atoms with E-state index >= 15 is 0 Å². The molecule has 0 unspecified atom stereocenters. The summed E-state index contributed by atoms with van der Waals surface area (Å²) in [5.41, 5.74) is 0.393. The summed E-state index contributed by atoms with van der Waals surface area (Å²) in [5, 5.41) is 0. The van der Waals surface area contributed by atoms with Crippen molar-refractivity contribution in [1.82, 2.24) is 0 Å². The standard InChI is InChI=1S/C19H25FO2/c1-18-7-5-11(21)9-15(18)16(20)10-12-13-3-4-17(22)19(13,2)8-6-14(12)18/h9,12-14,16H,3-8,10H2,1-2H3/t12-,13-,14-,16-,18+,19-/m0/s1. The molecular weight excluding hydrogens is 279 g/mol. The van der Waals surface area contributed by atoms with Crippen LogP contribution in [0.5, 0.6) is 0 Å². The second-order valence-electron chi connectivity index (χ2n) is 8.48. The molecule has 0 amide bonds. The van der Waals surface area contributed by atoms with Crippen molar-refractivity contribution < 1.29 is 14.0 Å². The van der Waals surface area contributed by atoms with E-state index in [2.05, 4.69) is 13.8 Å². The molecule has 3 heteroatoms. The molecule has 3 fully saturated rings. The summed E-state index contributed by atoms with van der Waals surface area (Å²) >= 11 is 0. The summed E-state index contributed by atoms with van der Waals surface area (Å²) in [5.74, 6) is 1.60. The third-order valence-electron chi connectivity index (χ3n) is 7.65. The van der Waals surface area contributed by atoms with Crippen LogP contribution in [-0.2, 0) is 9.59 Å². The SMILES string of the molecule is C[C@]12CCC(=O)C=C1[C@@H](F)C[C@@H]1[C@@H]2CC[C@]2(C)C(=O)CC[C@@H]12. The third kappa shape index (κ3) is 1.71. The van der Waals surface area contributed by atoms with E-state index in [9.17, 15) is 14.0 Å². The van der Waals surface area contributed by atoms with Gasteiger partial charge in [0.15, 0.2) is 5.78 Å². The molecule has 0 aromatic carbocycles. The van der Waals surface area contributed by atoms with Crippen LogP contribution < -0.4 is 0 Å². The molecule has 0 aromatic heterocycles. The average molecular weight is 304 g/mol. The van der Waals surface area contributed by atoms with Gasteiger partial charge in [0.05, 0.1) is 0 Å². The first-order valence-electron chi connectivity index (χ1n) is 8.78. The molecule has 0 radical (unpaired) electrons. The van der Waals surface area contributed by atoms with Gasteiger partial charge in [0, 0.05) is 18.3 Å². The molecule has 0 N–H and O–H groups in total. The summed E-state index contributed by atoms with van der Waals surface area (Å²) in [6, 6.07) is 0. The summed E-state index contributed by atoms with van der Waals surface area (Å²) in [4.78, 5) is 24.1. The Morgan fingerprint density at radius 2 is 1.77 bits per heavy atom. The molecule has 0 bridgehead atoms. The van der Waals surface area contributed by atoms with Crippen LogP contribution in [0, 0.1) is 28.6 Å². The maximum Gasteiger partial charge on any atom is 0.155 e. The predicted octanol–water partition coefficient (Wildman–Crippen LogP) is 4.04. The molecule has 3 saturated carbocycles. The lowest BCUT2D eigenvalue weighted by Crippen LogP contribution is -2.53. The molecule has 22 heavy (non-hydrogen) atoms. The zero-order valence-corrected chi connectivity index (χ0v) is 13.5. The highest BCUT2D eigenvalue weighted by Gasteiger charge is 2.60. The van der Waals surface area contributed by atoms with Crippen molar-refractivity contribution in [3.8, 4) is 0 Å². The molecule has 0 heterocycles. The van der Waals surface area contributed by atoms with E-state index in [-0.39, 0.29) is 16.6 Å². The summed E-state index contributed by atoms with van der Waals surface area (Å²) in [7, 11) is 0. The van der Waals surface area contributed by atoms with Crippen LogP contribution in [0.1, 0.15) is 58.8 Å². The van der Waals surface area contributed by atoms with Gasteiger partial charge < -0.3 is 0 Å². The van der Waals surface area contributed by atoms with Gasteiger partial charge in [-0.05, 0) is 66.9 Å². The first kappa shape index (κ1) is 14.6. The Morgan fingerprint density at radius 1 is 1.05 bits per heavy atom. The number of carbonyl (C=O) groups is 2. The zero-order valence-electron chi connectivity index (χ0n) is 13.5. The van der Waals surface area contributed by atoms with Crippen molar-refractivity contribution in [3.63, 3.8) is 0 Å². The molecule has 4 aliphatic carbocycles. The Morgan fingerprint density at radius 3 is 2.55 bits per heavy atom. The number of ketones is 2. The van der Waals surface area contributed by atoms with Crippen molar-refractivity contribution in [2.75, 3.05) is 0 Å². The Labute approximate surface area is 131 Å². The molecular formula is C19H25FO2. The first-order valence-corrected chi connectivity index (χ1v) is 8.78. The van der Waals surface area contributed by atoms with Gasteiger partial charge in [-0.3, -0.25) is 9.59 Å². The van der Waals surface area contributed by atoms with E-state index in [4.69, 9.17) is 0 Å². The topological polar surface area (TPSA) is 34.1 Å².